The van der Waals surface area contributed by atoms with Crippen molar-refractivity contribution in [2.75, 3.05) is 0 Å². The van der Waals surface area contributed by atoms with Crippen LogP contribution in [0.4, 0.5) is 0 Å². The second-order valence-electron chi connectivity index (χ2n) is 9.84. The molecule has 2 heteroatoms. The first-order chi connectivity index (χ1) is 19.2. The Morgan fingerprint density at radius 1 is 0.897 bits per heavy atom. The highest BCUT2D eigenvalue weighted by atomic mass is 79.9. The van der Waals surface area contributed by atoms with Gasteiger partial charge in [-0.25, -0.2) is 0 Å². The van der Waals surface area contributed by atoms with Crippen molar-refractivity contribution >= 4 is 48.9 Å². The number of benzene rings is 4. The van der Waals surface area contributed by atoms with Gasteiger partial charge in [-0.05, 0) is 89.6 Å². The van der Waals surface area contributed by atoms with E-state index in [4.69, 9.17) is 0 Å². The number of aromatic nitrogens is 1. The second kappa shape index (κ2) is 10.9. The average molecular weight is 569 g/mol. The number of fused-ring (bicyclic) bond motifs is 3. The summed E-state index contributed by atoms with van der Waals surface area (Å²) in [4.78, 5) is 0. The lowest BCUT2D eigenvalue weighted by molar-refractivity contribution is 1.06. The van der Waals surface area contributed by atoms with Crippen molar-refractivity contribution in [2.45, 2.75) is 19.8 Å². The second-order valence-corrected chi connectivity index (χ2v) is 10.8. The summed E-state index contributed by atoms with van der Waals surface area (Å²) >= 11 is 3.55. The van der Waals surface area contributed by atoms with Crippen molar-refractivity contribution in [2.24, 2.45) is 0 Å². The molecule has 1 aliphatic rings. The van der Waals surface area contributed by atoms with E-state index in [9.17, 15) is 0 Å². The van der Waals surface area contributed by atoms with Gasteiger partial charge in [-0.15, -0.1) is 0 Å². The molecule has 0 saturated carbocycles. The van der Waals surface area contributed by atoms with Crippen molar-refractivity contribution in [3.8, 4) is 16.8 Å². The van der Waals surface area contributed by atoms with Crippen LogP contribution in [0, 0.1) is 0 Å². The van der Waals surface area contributed by atoms with Crippen molar-refractivity contribution in [3.05, 3.63) is 150 Å². The zero-order valence-corrected chi connectivity index (χ0v) is 23.7. The van der Waals surface area contributed by atoms with Gasteiger partial charge in [-0.2, -0.15) is 0 Å². The van der Waals surface area contributed by atoms with Gasteiger partial charge in [0.2, 0.25) is 0 Å². The summed E-state index contributed by atoms with van der Waals surface area (Å²) in [7, 11) is 0. The Morgan fingerprint density at radius 3 is 2.36 bits per heavy atom. The van der Waals surface area contributed by atoms with Gasteiger partial charge in [-0.3, -0.25) is 0 Å². The molecule has 1 aromatic heterocycles. The highest BCUT2D eigenvalue weighted by Gasteiger charge is 2.18. The molecular weight excluding hydrogens is 538 g/mol. The average Bonchev–Trinajstić information content (AvgIpc) is 3.32. The van der Waals surface area contributed by atoms with Crippen molar-refractivity contribution in [1.29, 1.82) is 0 Å². The minimum atomic E-state index is 1.07. The molecule has 6 rings (SSSR count). The Kier molecular flexibility index (Phi) is 7.04. The molecule has 0 amide bonds. The monoisotopic (exact) mass is 567 g/mol. The molecule has 0 spiro atoms. The first kappa shape index (κ1) is 25.2. The van der Waals surface area contributed by atoms with E-state index in [1.54, 1.807) is 0 Å². The molecule has 190 valence electrons. The fourth-order valence-electron chi connectivity index (χ4n) is 5.62. The number of halogens is 1. The summed E-state index contributed by atoms with van der Waals surface area (Å²) in [6.07, 6.45) is 17.0. The van der Waals surface area contributed by atoms with Crippen LogP contribution in [0.1, 0.15) is 30.9 Å². The first-order valence-electron chi connectivity index (χ1n) is 13.4. The Hall–Kier alpha value is -4.14. The predicted molar refractivity (Wildman–Crippen MR) is 173 cm³/mol. The van der Waals surface area contributed by atoms with Crippen LogP contribution in [0.15, 0.2) is 139 Å². The van der Waals surface area contributed by atoms with Crippen LogP contribution in [-0.2, 0) is 0 Å². The van der Waals surface area contributed by atoms with E-state index in [-0.39, 0.29) is 0 Å². The molecule has 0 aliphatic heterocycles. The van der Waals surface area contributed by atoms with Crippen LogP contribution >= 0.6 is 15.9 Å². The number of allylic oxidation sites excluding steroid dienone is 9. The van der Waals surface area contributed by atoms with Crippen molar-refractivity contribution in [3.63, 3.8) is 0 Å². The molecule has 5 aromatic rings. The third-order valence-corrected chi connectivity index (χ3v) is 7.96. The molecule has 0 N–H and O–H groups in total. The third-order valence-electron chi connectivity index (χ3n) is 7.43. The topological polar surface area (TPSA) is 4.93 Å². The summed E-state index contributed by atoms with van der Waals surface area (Å²) in [6.45, 7) is 6.00. The van der Waals surface area contributed by atoms with E-state index in [2.05, 4.69) is 155 Å². The predicted octanol–water partition coefficient (Wildman–Crippen LogP) is 11.1. The fraction of sp³-hybridized carbons (Fsp3) is 0.0811. The minimum absolute atomic E-state index is 1.07. The van der Waals surface area contributed by atoms with E-state index >= 15 is 0 Å². The van der Waals surface area contributed by atoms with E-state index in [1.807, 2.05) is 6.08 Å². The van der Waals surface area contributed by atoms with Gasteiger partial charge in [0.25, 0.3) is 0 Å². The minimum Gasteiger partial charge on any atom is -0.309 e. The van der Waals surface area contributed by atoms with Gasteiger partial charge in [0.1, 0.15) is 0 Å². The van der Waals surface area contributed by atoms with Crippen molar-refractivity contribution < 1.29 is 0 Å². The molecule has 0 atom stereocenters. The number of nitrogens with zero attached hydrogens (tertiary/aromatic N) is 1. The molecule has 0 bridgehead atoms. The quantitative estimate of drug-likeness (QED) is 0.180. The van der Waals surface area contributed by atoms with E-state index in [1.165, 1.54) is 49.6 Å². The van der Waals surface area contributed by atoms with Crippen LogP contribution in [0.25, 0.3) is 49.8 Å². The van der Waals surface area contributed by atoms with E-state index in [0.717, 1.165) is 28.6 Å². The number of rotatable bonds is 6. The van der Waals surface area contributed by atoms with Gasteiger partial charge in [-0.1, -0.05) is 114 Å². The Morgan fingerprint density at radius 2 is 1.67 bits per heavy atom. The smallest absolute Gasteiger partial charge is 0.0547 e. The van der Waals surface area contributed by atoms with Crippen LogP contribution in [0.3, 0.4) is 0 Å². The molecule has 0 saturated heterocycles. The largest absolute Gasteiger partial charge is 0.309 e. The number of hydrogen-bond donors (Lipinski definition) is 0. The molecule has 4 aromatic carbocycles. The van der Waals surface area contributed by atoms with Crippen LogP contribution in [-0.4, -0.2) is 4.57 Å². The molecule has 39 heavy (non-hydrogen) atoms. The van der Waals surface area contributed by atoms with E-state index in [0.29, 0.717) is 0 Å². The maximum Gasteiger partial charge on any atom is 0.0547 e. The SMILES string of the molecule is C=C/C=C(\C=C/C)c1ccc2c3c(C4=CC=CCC4)cccc3n(-c3ccc(-c4ccc(Br)cc4)cc3)c2c1. The summed E-state index contributed by atoms with van der Waals surface area (Å²) in [5.74, 6) is 0. The van der Waals surface area contributed by atoms with Gasteiger partial charge in [0, 0.05) is 20.9 Å². The maximum absolute atomic E-state index is 3.94. The molecule has 1 aliphatic carbocycles. The van der Waals surface area contributed by atoms with Crippen LogP contribution in [0.2, 0.25) is 0 Å². The van der Waals surface area contributed by atoms with E-state index < -0.39 is 0 Å². The first-order valence-corrected chi connectivity index (χ1v) is 14.2. The summed E-state index contributed by atoms with van der Waals surface area (Å²) in [5, 5.41) is 2.59. The third kappa shape index (κ3) is 4.77. The van der Waals surface area contributed by atoms with Crippen LogP contribution < -0.4 is 0 Å². The zero-order chi connectivity index (χ0) is 26.8. The molecular formula is C37H30BrN. The van der Waals surface area contributed by atoms with Gasteiger partial charge in [0.05, 0.1) is 11.0 Å². The molecule has 0 unspecified atom stereocenters. The van der Waals surface area contributed by atoms with Crippen molar-refractivity contribution in [1.82, 2.24) is 4.57 Å². The number of hydrogen-bond acceptors (Lipinski definition) is 0. The standard InChI is InChI=1S/C37H30BrN/c1-3-9-26(10-4-2)30-19-24-34-36(25-30)39(32-22-17-28(18-23-32)27-15-20-31(38)21-16-27)35-14-8-13-33(37(34)35)29-11-6-5-7-12-29/h3-6,8-11,13-25H,1,7,12H2,2H3/b10-4-,26-9+. The lowest BCUT2D eigenvalue weighted by Crippen LogP contribution is -1.95. The maximum atomic E-state index is 3.94. The Balaban J connectivity index is 1.60. The molecule has 1 nitrogen and oxygen atoms in total. The normalized spacial score (nSPS) is 13.9. The lowest BCUT2D eigenvalue weighted by Gasteiger charge is -2.12. The summed E-state index contributed by atoms with van der Waals surface area (Å²) in [5.41, 5.74) is 11.1. The lowest BCUT2D eigenvalue weighted by atomic mass is 9.93. The van der Waals surface area contributed by atoms with Gasteiger partial charge < -0.3 is 4.57 Å². The highest BCUT2D eigenvalue weighted by Crippen LogP contribution is 2.39. The van der Waals surface area contributed by atoms with Crippen LogP contribution in [0.5, 0.6) is 0 Å². The zero-order valence-electron chi connectivity index (χ0n) is 22.1. The molecule has 0 fully saturated rings. The molecule has 0 radical (unpaired) electrons. The Labute approximate surface area is 238 Å². The van der Waals surface area contributed by atoms with Gasteiger partial charge >= 0.3 is 0 Å². The highest BCUT2D eigenvalue weighted by molar-refractivity contribution is 9.10. The summed E-state index contributed by atoms with van der Waals surface area (Å²) in [6, 6.07) is 31.0. The van der Waals surface area contributed by atoms with Gasteiger partial charge in [0.15, 0.2) is 0 Å². The molecule has 1 heterocycles. The fourth-order valence-corrected chi connectivity index (χ4v) is 5.88. The Bertz CT molecular complexity index is 1810. The summed E-state index contributed by atoms with van der Waals surface area (Å²) < 4.78 is 3.51.